The minimum atomic E-state index is 0.413. The Hall–Kier alpha value is -3.28. The third-order valence-corrected chi connectivity index (χ3v) is 5.50. The summed E-state index contributed by atoms with van der Waals surface area (Å²) in [6, 6.07) is 14.4. The maximum atomic E-state index is 4.85. The van der Waals surface area contributed by atoms with Crippen LogP contribution >= 0.6 is 0 Å². The number of fused-ring (bicyclic) bond motifs is 1. The molecular weight excluding hydrogens is 348 g/mol. The van der Waals surface area contributed by atoms with E-state index in [2.05, 4.69) is 61.8 Å². The van der Waals surface area contributed by atoms with Crippen molar-refractivity contribution in [3.05, 3.63) is 66.0 Å². The fraction of sp³-hybridized carbons (Fsp3) is 0.273. The molecule has 1 aromatic carbocycles. The summed E-state index contributed by atoms with van der Waals surface area (Å²) in [6.07, 6.45) is 1.81. The summed E-state index contributed by atoms with van der Waals surface area (Å²) in [5, 5.41) is 0. The van der Waals surface area contributed by atoms with E-state index in [1.165, 1.54) is 5.52 Å². The molecule has 3 aromatic heterocycles. The first-order chi connectivity index (χ1) is 13.6. The molecule has 1 aliphatic heterocycles. The van der Waals surface area contributed by atoms with E-state index in [0.29, 0.717) is 5.92 Å². The Morgan fingerprint density at radius 1 is 0.964 bits per heavy atom. The molecule has 28 heavy (non-hydrogen) atoms. The molecule has 0 spiro atoms. The number of anilines is 1. The number of hydrogen-bond donors (Lipinski definition) is 0. The van der Waals surface area contributed by atoms with Crippen LogP contribution in [0.4, 0.5) is 5.82 Å². The van der Waals surface area contributed by atoms with E-state index in [9.17, 15) is 0 Å². The zero-order valence-corrected chi connectivity index (χ0v) is 16.3. The van der Waals surface area contributed by atoms with Crippen LogP contribution in [0.25, 0.3) is 22.3 Å². The number of benzene rings is 1. The maximum Gasteiger partial charge on any atom is 0.132 e. The Labute approximate surface area is 163 Å². The third kappa shape index (κ3) is 2.72. The van der Waals surface area contributed by atoms with Gasteiger partial charge in [0.15, 0.2) is 0 Å². The number of imidazole rings is 1. The third-order valence-electron chi connectivity index (χ3n) is 5.50. The SMILES string of the molecule is Cc1nc(-c2cccnc2C)cc(N2CC(c3nc4ccccc4n3C)C2)n1. The molecule has 0 unspecified atom stereocenters. The van der Waals surface area contributed by atoms with E-state index in [0.717, 1.165) is 53.0 Å². The van der Waals surface area contributed by atoms with Gasteiger partial charge in [-0.05, 0) is 38.1 Å². The molecule has 4 aromatic rings. The predicted molar refractivity (Wildman–Crippen MR) is 110 cm³/mol. The van der Waals surface area contributed by atoms with Crippen LogP contribution in [0.5, 0.6) is 0 Å². The first kappa shape index (κ1) is 16.9. The van der Waals surface area contributed by atoms with E-state index in [1.807, 2.05) is 32.2 Å². The fourth-order valence-corrected chi connectivity index (χ4v) is 3.97. The molecule has 1 aliphatic rings. The Kier molecular flexibility index (Phi) is 3.86. The minimum Gasteiger partial charge on any atom is -0.355 e. The first-order valence-electron chi connectivity index (χ1n) is 9.54. The molecule has 0 radical (unpaired) electrons. The van der Waals surface area contributed by atoms with E-state index in [-0.39, 0.29) is 0 Å². The Morgan fingerprint density at radius 2 is 1.79 bits per heavy atom. The van der Waals surface area contributed by atoms with Crippen LogP contribution in [-0.4, -0.2) is 37.6 Å². The standard InChI is InChI=1S/C22H22N6/c1-14-17(7-6-10-23-14)19-11-21(25-15(2)24-19)28-12-16(13-28)22-26-18-8-4-5-9-20(18)27(22)3/h4-11,16H,12-13H2,1-3H3. The van der Waals surface area contributed by atoms with Gasteiger partial charge in [0, 0.05) is 43.7 Å². The smallest absolute Gasteiger partial charge is 0.132 e. The van der Waals surface area contributed by atoms with Crippen LogP contribution in [0.3, 0.4) is 0 Å². The molecule has 1 saturated heterocycles. The minimum absolute atomic E-state index is 0.413. The molecule has 5 rings (SSSR count). The molecule has 0 bridgehead atoms. The van der Waals surface area contributed by atoms with Crippen molar-refractivity contribution in [2.75, 3.05) is 18.0 Å². The molecule has 0 saturated carbocycles. The fourth-order valence-electron chi connectivity index (χ4n) is 3.97. The van der Waals surface area contributed by atoms with Gasteiger partial charge in [-0.25, -0.2) is 15.0 Å². The van der Waals surface area contributed by atoms with Gasteiger partial charge in [-0.2, -0.15) is 0 Å². The molecule has 0 aliphatic carbocycles. The normalized spacial score (nSPS) is 14.5. The van der Waals surface area contributed by atoms with Crippen LogP contribution in [-0.2, 0) is 7.05 Å². The van der Waals surface area contributed by atoms with Crippen molar-refractivity contribution in [2.24, 2.45) is 7.05 Å². The van der Waals surface area contributed by atoms with Crippen molar-refractivity contribution in [1.82, 2.24) is 24.5 Å². The van der Waals surface area contributed by atoms with E-state index in [1.54, 1.807) is 0 Å². The molecule has 140 valence electrons. The summed E-state index contributed by atoms with van der Waals surface area (Å²) >= 11 is 0. The summed E-state index contributed by atoms with van der Waals surface area (Å²) < 4.78 is 2.22. The molecule has 6 heteroatoms. The van der Waals surface area contributed by atoms with Gasteiger partial charge in [0.25, 0.3) is 0 Å². The summed E-state index contributed by atoms with van der Waals surface area (Å²) in [4.78, 5) is 20.8. The Balaban J connectivity index is 1.42. The lowest BCUT2D eigenvalue weighted by Crippen LogP contribution is -2.46. The summed E-state index contributed by atoms with van der Waals surface area (Å²) in [5.41, 5.74) is 5.21. The number of aryl methyl sites for hydroxylation is 3. The van der Waals surface area contributed by atoms with Crippen LogP contribution < -0.4 is 4.90 Å². The van der Waals surface area contributed by atoms with Crippen molar-refractivity contribution in [1.29, 1.82) is 0 Å². The molecular formula is C22H22N6. The quantitative estimate of drug-likeness (QED) is 0.551. The van der Waals surface area contributed by atoms with Crippen molar-refractivity contribution in [3.63, 3.8) is 0 Å². The van der Waals surface area contributed by atoms with Gasteiger partial charge < -0.3 is 9.47 Å². The molecule has 0 amide bonds. The second-order valence-electron chi connectivity index (χ2n) is 7.41. The van der Waals surface area contributed by atoms with Crippen LogP contribution in [0.2, 0.25) is 0 Å². The van der Waals surface area contributed by atoms with Gasteiger partial charge in [-0.3, -0.25) is 4.98 Å². The number of rotatable bonds is 3. The lowest BCUT2D eigenvalue weighted by molar-refractivity contribution is 0.486. The van der Waals surface area contributed by atoms with Crippen LogP contribution in [0.15, 0.2) is 48.7 Å². The van der Waals surface area contributed by atoms with Crippen LogP contribution in [0.1, 0.15) is 23.3 Å². The summed E-state index contributed by atoms with van der Waals surface area (Å²) in [6.45, 7) is 5.79. The average molecular weight is 370 g/mol. The number of nitrogens with zero attached hydrogens (tertiary/aromatic N) is 6. The zero-order valence-electron chi connectivity index (χ0n) is 16.3. The molecule has 1 fully saturated rings. The van der Waals surface area contributed by atoms with Gasteiger partial charge in [0.05, 0.1) is 22.6 Å². The molecule has 4 heterocycles. The van der Waals surface area contributed by atoms with Crippen molar-refractivity contribution >= 4 is 16.9 Å². The lowest BCUT2D eigenvalue weighted by atomic mass is 9.99. The van der Waals surface area contributed by atoms with E-state index in [4.69, 9.17) is 4.98 Å². The van der Waals surface area contributed by atoms with Crippen molar-refractivity contribution in [2.45, 2.75) is 19.8 Å². The number of para-hydroxylation sites is 2. The number of aromatic nitrogens is 5. The van der Waals surface area contributed by atoms with E-state index >= 15 is 0 Å². The summed E-state index contributed by atoms with van der Waals surface area (Å²) in [7, 11) is 2.10. The predicted octanol–water partition coefficient (Wildman–Crippen LogP) is 3.65. The highest BCUT2D eigenvalue weighted by atomic mass is 15.3. The van der Waals surface area contributed by atoms with Gasteiger partial charge in [-0.15, -0.1) is 0 Å². The van der Waals surface area contributed by atoms with Crippen LogP contribution in [0, 0.1) is 13.8 Å². The van der Waals surface area contributed by atoms with Gasteiger partial charge in [0.2, 0.25) is 0 Å². The monoisotopic (exact) mass is 370 g/mol. The lowest BCUT2D eigenvalue weighted by Gasteiger charge is -2.39. The highest BCUT2D eigenvalue weighted by molar-refractivity contribution is 5.76. The zero-order chi connectivity index (χ0) is 19.3. The molecule has 0 atom stereocenters. The van der Waals surface area contributed by atoms with Gasteiger partial charge >= 0.3 is 0 Å². The second kappa shape index (κ2) is 6.41. The second-order valence-corrected chi connectivity index (χ2v) is 7.41. The summed E-state index contributed by atoms with van der Waals surface area (Å²) in [5.74, 6) is 3.31. The van der Waals surface area contributed by atoms with E-state index < -0.39 is 0 Å². The number of pyridine rings is 1. The molecule has 0 N–H and O–H groups in total. The number of hydrogen-bond acceptors (Lipinski definition) is 5. The maximum absolute atomic E-state index is 4.85. The largest absolute Gasteiger partial charge is 0.355 e. The Morgan fingerprint density at radius 3 is 2.57 bits per heavy atom. The Bertz CT molecular complexity index is 1170. The highest BCUT2D eigenvalue weighted by Crippen LogP contribution is 2.33. The van der Waals surface area contributed by atoms with Crippen molar-refractivity contribution < 1.29 is 0 Å². The average Bonchev–Trinajstić information content (AvgIpc) is 2.97. The highest BCUT2D eigenvalue weighted by Gasteiger charge is 2.33. The van der Waals surface area contributed by atoms with Crippen molar-refractivity contribution in [3.8, 4) is 11.3 Å². The topological polar surface area (TPSA) is 59.7 Å². The van der Waals surface area contributed by atoms with Gasteiger partial charge in [-0.1, -0.05) is 12.1 Å². The van der Waals surface area contributed by atoms with Gasteiger partial charge in [0.1, 0.15) is 17.5 Å². The molecule has 6 nitrogen and oxygen atoms in total. The first-order valence-corrected chi connectivity index (χ1v) is 9.54.